The first-order valence-electron chi connectivity index (χ1n) is 7.68. The minimum atomic E-state index is -4.30. The third kappa shape index (κ3) is 9.36. The smallest absolute Gasteiger partial charge is 0.383 e. The molecule has 0 atom stereocenters. The summed E-state index contributed by atoms with van der Waals surface area (Å²) in [7, 11) is 1.63. The van der Waals surface area contributed by atoms with Crippen molar-refractivity contribution < 1.29 is 22.6 Å². The molecule has 0 aliphatic rings. The van der Waals surface area contributed by atoms with Crippen LogP contribution in [0.3, 0.4) is 0 Å². The summed E-state index contributed by atoms with van der Waals surface area (Å²) in [5.41, 5.74) is 1.65. The summed E-state index contributed by atoms with van der Waals surface area (Å²) in [6, 6.07) is 7.14. The van der Waals surface area contributed by atoms with Gasteiger partial charge in [0.25, 0.3) is 0 Å². The number of guanidine groups is 1. The van der Waals surface area contributed by atoms with Crippen LogP contribution >= 0.6 is 0 Å². The Morgan fingerprint density at radius 1 is 1.12 bits per heavy atom. The van der Waals surface area contributed by atoms with E-state index in [0.717, 1.165) is 12.1 Å². The molecule has 0 saturated heterocycles. The third-order valence-corrected chi connectivity index (χ3v) is 2.92. The highest BCUT2D eigenvalue weighted by atomic mass is 19.4. The van der Waals surface area contributed by atoms with Gasteiger partial charge in [0, 0.05) is 20.2 Å². The van der Waals surface area contributed by atoms with Crippen LogP contribution in [0.4, 0.5) is 13.2 Å². The molecule has 0 saturated carbocycles. The second-order valence-corrected chi connectivity index (χ2v) is 5.04. The fourth-order valence-corrected chi connectivity index (χ4v) is 1.81. The number of hydrogen-bond acceptors (Lipinski definition) is 3. The predicted octanol–water partition coefficient (Wildman–Crippen LogP) is 2.47. The number of rotatable bonds is 9. The topological polar surface area (TPSA) is 54.9 Å². The Hall–Kier alpha value is -1.80. The molecule has 0 amide bonds. The highest BCUT2D eigenvalue weighted by molar-refractivity contribution is 5.79. The van der Waals surface area contributed by atoms with Crippen LogP contribution in [0.5, 0.6) is 0 Å². The lowest BCUT2D eigenvalue weighted by Gasteiger charge is -2.11. The highest BCUT2D eigenvalue weighted by Gasteiger charge is 2.27. The van der Waals surface area contributed by atoms with Crippen LogP contribution in [-0.4, -0.2) is 45.5 Å². The van der Waals surface area contributed by atoms with Gasteiger partial charge in [-0.3, -0.25) is 0 Å². The average Bonchev–Trinajstić information content (AvgIpc) is 2.53. The van der Waals surface area contributed by atoms with Crippen molar-refractivity contribution >= 4 is 5.96 Å². The van der Waals surface area contributed by atoms with Gasteiger partial charge in [0.05, 0.1) is 19.8 Å². The number of benzene rings is 1. The van der Waals surface area contributed by atoms with Crippen LogP contribution in [0.1, 0.15) is 18.1 Å². The molecule has 1 rings (SSSR count). The lowest BCUT2D eigenvalue weighted by molar-refractivity contribution is -0.176. The van der Waals surface area contributed by atoms with E-state index in [0.29, 0.717) is 31.2 Å². The summed E-state index contributed by atoms with van der Waals surface area (Å²) in [6.45, 7) is 3.11. The molecule has 0 radical (unpaired) electrons. The van der Waals surface area contributed by atoms with Crippen molar-refractivity contribution in [2.24, 2.45) is 4.99 Å². The normalized spacial score (nSPS) is 12.3. The Morgan fingerprint density at radius 3 is 2.38 bits per heavy atom. The molecule has 2 N–H and O–H groups in total. The minimum absolute atomic E-state index is 0.0652. The molecular weight excluding hydrogens is 323 g/mol. The molecule has 1 aromatic carbocycles. The maximum absolute atomic E-state index is 12.0. The number of aliphatic imine (C=N–C) groups is 1. The van der Waals surface area contributed by atoms with Gasteiger partial charge in [-0.1, -0.05) is 24.3 Å². The average molecular weight is 347 g/mol. The van der Waals surface area contributed by atoms with E-state index >= 15 is 0 Å². The fourth-order valence-electron chi connectivity index (χ4n) is 1.81. The summed E-state index contributed by atoms with van der Waals surface area (Å²) in [6.07, 6.45) is -4.30. The molecule has 5 nitrogen and oxygen atoms in total. The Bertz CT molecular complexity index is 490. The molecule has 0 unspecified atom stereocenters. The Labute approximate surface area is 140 Å². The first-order chi connectivity index (χ1) is 11.4. The van der Waals surface area contributed by atoms with Gasteiger partial charge in [-0.15, -0.1) is 0 Å². The van der Waals surface area contributed by atoms with Crippen LogP contribution < -0.4 is 10.6 Å². The quantitative estimate of drug-likeness (QED) is 0.409. The summed E-state index contributed by atoms with van der Waals surface area (Å²) >= 11 is 0. The van der Waals surface area contributed by atoms with Crippen molar-refractivity contribution in [2.45, 2.75) is 26.3 Å². The Kier molecular flexibility index (Phi) is 9.18. The molecule has 0 aliphatic heterocycles. The zero-order valence-corrected chi connectivity index (χ0v) is 13.9. The van der Waals surface area contributed by atoms with Crippen molar-refractivity contribution in [2.75, 3.05) is 33.4 Å². The molecular formula is C16H24F3N3O2. The fraction of sp³-hybridized carbons (Fsp3) is 0.562. The zero-order valence-electron chi connectivity index (χ0n) is 13.9. The predicted molar refractivity (Wildman–Crippen MR) is 86.8 cm³/mol. The Morgan fingerprint density at radius 2 is 1.79 bits per heavy atom. The summed E-state index contributed by atoms with van der Waals surface area (Å²) in [5.74, 6) is 0.687. The number of hydrogen-bond donors (Lipinski definition) is 2. The SMILES string of the molecule is CCNC(=NCc1ccc(COCC(F)(F)F)cc1)NCCOC. The van der Waals surface area contributed by atoms with Crippen LogP contribution in [0.2, 0.25) is 0 Å². The van der Waals surface area contributed by atoms with E-state index < -0.39 is 12.8 Å². The molecule has 0 fully saturated rings. The van der Waals surface area contributed by atoms with E-state index in [9.17, 15) is 13.2 Å². The van der Waals surface area contributed by atoms with Gasteiger partial charge in [0.1, 0.15) is 6.61 Å². The van der Waals surface area contributed by atoms with E-state index in [-0.39, 0.29) is 6.61 Å². The summed E-state index contributed by atoms with van der Waals surface area (Å²) < 4.78 is 45.6. The van der Waals surface area contributed by atoms with Gasteiger partial charge < -0.3 is 20.1 Å². The molecule has 0 heterocycles. The number of ether oxygens (including phenoxy) is 2. The molecule has 0 spiro atoms. The van der Waals surface area contributed by atoms with Gasteiger partial charge in [-0.05, 0) is 18.1 Å². The highest BCUT2D eigenvalue weighted by Crippen LogP contribution is 2.15. The first-order valence-corrected chi connectivity index (χ1v) is 7.68. The van der Waals surface area contributed by atoms with Crippen molar-refractivity contribution in [3.05, 3.63) is 35.4 Å². The van der Waals surface area contributed by atoms with Crippen LogP contribution in [0, 0.1) is 0 Å². The molecule has 0 bridgehead atoms. The van der Waals surface area contributed by atoms with Crippen molar-refractivity contribution in [3.63, 3.8) is 0 Å². The number of methoxy groups -OCH3 is 1. The summed E-state index contributed by atoms with van der Waals surface area (Å²) in [4.78, 5) is 4.44. The monoisotopic (exact) mass is 347 g/mol. The molecule has 136 valence electrons. The standard InChI is InChI=1S/C16H24F3N3O2/c1-3-20-15(21-8-9-23-2)22-10-13-4-6-14(7-5-13)11-24-12-16(17,18)19/h4-7H,3,8-12H2,1-2H3,(H2,20,21,22). The van der Waals surface area contributed by atoms with E-state index in [1.54, 1.807) is 19.2 Å². The van der Waals surface area contributed by atoms with E-state index in [1.165, 1.54) is 0 Å². The van der Waals surface area contributed by atoms with Crippen LogP contribution in [-0.2, 0) is 22.6 Å². The number of alkyl halides is 3. The number of halogens is 3. The first kappa shape index (κ1) is 20.2. The number of nitrogens with zero attached hydrogens (tertiary/aromatic N) is 1. The van der Waals surface area contributed by atoms with E-state index in [1.807, 2.05) is 19.1 Å². The van der Waals surface area contributed by atoms with Crippen molar-refractivity contribution in [3.8, 4) is 0 Å². The molecule has 0 aromatic heterocycles. The molecule has 0 aliphatic carbocycles. The molecule has 1 aromatic rings. The van der Waals surface area contributed by atoms with Gasteiger partial charge in [-0.2, -0.15) is 13.2 Å². The second-order valence-electron chi connectivity index (χ2n) is 5.04. The number of nitrogens with one attached hydrogen (secondary N) is 2. The van der Waals surface area contributed by atoms with Crippen LogP contribution in [0.25, 0.3) is 0 Å². The van der Waals surface area contributed by atoms with E-state index in [2.05, 4.69) is 20.4 Å². The lowest BCUT2D eigenvalue weighted by Crippen LogP contribution is -2.38. The largest absolute Gasteiger partial charge is 0.411 e. The van der Waals surface area contributed by atoms with Crippen molar-refractivity contribution in [1.82, 2.24) is 10.6 Å². The van der Waals surface area contributed by atoms with Gasteiger partial charge in [-0.25, -0.2) is 4.99 Å². The molecule has 8 heteroatoms. The minimum Gasteiger partial charge on any atom is -0.383 e. The zero-order chi connectivity index (χ0) is 17.8. The maximum atomic E-state index is 12.0. The van der Waals surface area contributed by atoms with Crippen LogP contribution in [0.15, 0.2) is 29.3 Å². The third-order valence-electron chi connectivity index (χ3n) is 2.92. The summed E-state index contributed by atoms with van der Waals surface area (Å²) in [5, 5.41) is 6.25. The second kappa shape index (κ2) is 10.9. The molecule has 24 heavy (non-hydrogen) atoms. The van der Waals surface area contributed by atoms with Gasteiger partial charge >= 0.3 is 6.18 Å². The Balaban J connectivity index is 2.47. The van der Waals surface area contributed by atoms with Gasteiger partial charge in [0.15, 0.2) is 5.96 Å². The lowest BCUT2D eigenvalue weighted by atomic mass is 10.1. The van der Waals surface area contributed by atoms with E-state index in [4.69, 9.17) is 4.74 Å². The maximum Gasteiger partial charge on any atom is 0.411 e. The van der Waals surface area contributed by atoms with Gasteiger partial charge in [0.2, 0.25) is 0 Å². The van der Waals surface area contributed by atoms with Crippen molar-refractivity contribution in [1.29, 1.82) is 0 Å².